The third kappa shape index (κ3) is 7.94. The minimum Gasteiger partial charge on any atom is -0.462 e. The van der Waals surface area contributed by atoms with Gasteiger partial charge >= 0.3 is 5.97 Å². The molecule has 0 radical (unpaired) electrons. The molecule has 0 aliphatic carbocycles. The Morgan fingerprint density at radius 3 is 1.21 bits per heavy atom. The van der Waals surface area contributed by atoms with Gasteiger partial charge in [-0.05, 0) is 96.2 Å². The van der Waals surface area contributed by atoms with Gasteiger partial charge in [0.05, 0.1) is 29.4 Å². The first-order chi connectivity index (χ1) is 28.0. The molecule has 9 rings (SSSR count). The van der Waals surface area contributed by atoms with Crippen LogP contribution >= 0.6 is 0 Å². The molecule has 5 heterocycles. The molecule has 2 aliphatic heterocycles. The minimum absolute atomic E-state index is 0. The molecule has 284 valence electrons. The third-order valence-electron chi connectivity index (χ3n) is 10.4. The van der Waals surface area contributed by atoms with Gasteiger partial charge in [0, 0.05) is 89.8 Å². The summed E-state index contributed by atoms with van der Waals surface area (Å²) in [5.74, 6) is -0.351. The first kappa shape index (κ1) is 38.9. The van der Waals surface area contributed by atoms with Gasteiger partial charge in [-0.3, -0.25) is 0 Å². The molecule has 2 N–H and O–H groups in total. The largest absolute Gasteiger partial charge is 0.462 e. The topological polar surface area (TPSA) is 83.7 Å². The summed E-state index contributed by atoms with van der Waals surface area (Å²) in [4.78, 5) is 30.3. The van der Waals surface area contributed by atoms with Gasteiger partial charge in [0.25, 0.3) is 0 Å². The van der Waals surface area contributed by atoms with Crippen molar-refractivity contribution in [3.05, 3.63) is 180 Å². The number of nitrogens with one attached hydrogen (secondary N) is 2. The van der Waals surface area contributed by atoms with Crippen molar-refractivity contribution in [2.24, 2.45) is 0 Å². The number of ether oxygens (including phenoxy) is 1. The molecule has 2 aliphatic rings. The predicted octanol–water partition coefficient (Wildman–Crippen LogP) is 12.4. The van der Waals surface area contributed by atoms with Crippen LogP contribution in [0.25, 0.3) is 90.9 Å². The van der Waals surface area contributed by atoms with E-state index in [0.717, 1.165) is 108 Å². The number of carbonyl (C=O) groups excluding carboxylic acids is 1. The first-order valence-electron chi connectivity index (χ1n) is 19.2. The van der Waals surface area contributed by atoms with Crippen molar-refractivity contribution in [1.29, 1.82) is 0 Å². The molecule has 0 amide bonds. The molecular weight excluding hydrogens is 858 g/mol. The second-order valence-corrected chi connectivity index (χ2v) is 14.3. The van der Waals surface area contributed by atoms with Crippen LogP contribution in [0.2, 0.25) is 0 Å². The Morgan fingerprint density at radius 2 is 0.862 bits per heavy atom. The number of aryl methyl sites for hydroxylation is 1. The zero-order chi connectivity index (χ0) is 38.7. The summed E-state index contributed by atoms with van der Waals surface area (Å²) in [6.45, 7) is 5.69. The van der Waals surface area contributed by atoms with Gasteiger partial charge in [-0.25, -0.2) is 14.8 Å². The number of hydrogen-bond acceptors (Lipinski definition) is 4. The maximum Gasteiger partial charge on any atom is 0.333 e. The van der Waals surface area contributed by atoms with Gasteiger partial charge in [0.15, 0.2) is 0 Å². The van der Waals surface area contributed by atoms with E-state index in [4.69, 9.17) is 14.7 Å². The van der Waals surface area contributed by atoms with Crippen LogP contribution in [0.5, 0.6) is 0 Å². The van der Waals surface area contributed by atoms with Crippen molar-refractivity contribution in [3.8, 4) is 44.5 Å². The molecule has 6 nitrogen and oxygen atoms in total. The van der Waals surface area contributed by atoms with Crippen molar-refractivity contribution in [2.75, 3.05) is 6.61 Å². The normalized spacial score (nSPS) is 11.6. The number of esters is 1. The van der Waals surface area contributed by atoms with E-state index >= 15 is 0 Å². The molecule has 0 saturated heterocycles. The van der Waals surface area contributed by atoms with Gasteiger partial charge in [0.1, 0.15) is 0 Å². The van der Waals surface area contributed by atoms with Gasteiger partial charge in [-0.15, -0.1) is 0 Å². The number of nitrogens with zero attached hydrogens (tertiary/aromatic N) is 2. The third-order valence-corrected chi connectivity index (χ3v) is 10.4. The Balaban J connectivity index is 0.00000469. The van der Waals surface area contributed by atoms with Crippen LogP contribution in [0.15, 0.2) is 152 Å². The van der Waals surface area contributed by atoms with Crippen molar-refractivity contribution in [1.82, 2.24) is 19.9 Å². The van der Waals surface area contributed by atoms with Crippen LogP contribution in [0, 0.1) is 39.9 Å². The molecular formula is C51H40GdN4O2. The number of hydrogen-bond donors (Lipinski definition) is 2. The van der Waals surface area contributed by atoms with Crippen LogP contribution in [0.1, 0.15) is 41.7 Å². The Kier molecular flexibility index (Phi) is 11.6. The fourth-order valence-electron chi connectivity index (χ4n) is 7.64. The number of benzene rings is 4. The minimum atomic E-state index is -0.351. The van der Waals surface area contributed by atoms with Crippen LogP contribution in [-0.2, 0) is 16.0 Å². The number of aromatic amines is 2. The molecule has 8 bridgehead atoms. The van der Waals surface area contributed by atoms with Crippen molar-refractivity contribution < 1.29 is 49.5 Å². The zero-order valence-corrected chi connectivity index (χ0v) is 34.2. The second-order valence-electron chi connectivity index (χ2n) is 14.3. The summed E-state index contributed by atoms with van der Waals surface area (Å²) in [6.07, 6.45) is 9.99. The van der Waals surface area contributed by atoms with E-state index in [0.29, 0.717) is 12.2 Å². The molecule has 7 aromatic rings. The standard InChI is InChI=1S/C51H40N4O2.Gd/c1-33(2)51(56)57-32-12-13-34-20-22-38(23-21-34)50-45-30-28-43(54-45)48(36-16-8-4-9-17-36)41-26-24-39(52-41)47(35-14-6-3-7-15-35)40-25-27-42(53-40)49(37-18-10-5-11-19-37)44-29-31-46(50)55-44;/h3-11,14-31,52,55H,1,12-13,32H2,2H3;. The molecule has 0 unspecified atom stereocenters. The van der Waals surface area contributed by atoms with E-state index in [1.165, 1.54) is 0 Å². The van der Waals surface area contributed by atoms with Gasteiger partial charge < -0.3 is 14.7 Å². The van der Waals surface area contributed by atoms with E-state index < -0.39 is 0 Å². The Hall–Kier alpha value is -5.99. The number of H-pyrrole nitrogens is 2. The van der Waals surface area contributed by atoms with E-state index in [9.17, 15) is 4.79 Å². The quantitative estimate of drug-likeness (QED) is 0.0859. The van der Waals surface area contributed by atoms with Gasteiger partial charge in [0.2, 0.25) is 0 Å². The van der Waals surface area contributed by atoms with E-state index in [-0.39, 0.29) is 45.9 Å². The fourth-order valence-corrected chi connectivity index (χ4v) is 7.64. The number of aromatic nitrogens is 4. The van der Waals surface area contributed by atoms with E-state index in [2.05, 4.69) is 162 Å². The first-order valence-corrected chi connectivity index (χ1v) is 19.2. The Labute approximate surface area is 369 Å². The number of fused-ring (bicyclic) bond motifs is 8. The van der Waals surface area contributed by atoms with Crippen LogP contribution < -0.4 is 0 Å². The van der Waals surface area contributed by atoms with Gasteiger partial charge in [-0.1, -0.05) is 122 Å². The predicted molar refractivity (Wildman–Crippen MR) is 235 cm³/mol. The molecule has 0 atom stereocenters. The SMILES string of the molecule is C=C(C)C(=O)OCCCc1ccc(-c2c3nc(c(-c4ccccc4)c4ccc([nH]4)c(-c4ccccc4)c4nc(c(-c5ccccc5)c5ccc2[nH]5)C=C4)C=C3)cc1.[Gd]. The van der Waals surface area contributed by atoms with Crippen molar-refractivity contribution >= 4 is 52.3 Å². The monoisotopic (exact) mass is 898 g/mol. The molecule has 0 saturated carbocycles. The molecule has 4 aromatic carbocycles. The zero-order valence-electron chi connectivity index (χ0n) is 32.0. The summed E-state index contributed by atoms with van der Waals surface area (Å²) >= 11 is 0. The maximum atomic E-state index is 11.9. The van der Waals surface area contributed by atoms with Crippen LogP contribution in [0.3, 0.4) is 0 Å². The van der Waals surface area contributed by atoms with Crippen LogP contribution in [0.4, 0.5) is 0 Å². The fraction of sp³-hybridized carbons (Fsp3) is 0.0784. The molecule has 7 heteroatoms. The molecule has 0 spiro atoms. The molecule has 3 aromatic heterocycles. The van der Waals surface area contributed by atoms with E-state index in [1.54, 1.807) is 6.92 Å². The summed E-state index contributed by atoms with van der Waals surface area (Å²) in [7, 11) is 0. The average Bonchev–Trinajstić information content (AvgIpc) is 4.09. The summed E-state index contributed by atoms with van der Waals surface area (Å²) in [6, 6.07) is 48.6. The average molecular weight is 898 g/mol. The molecule has 0 fully saturated rings. The summed E-state index contributed by atoms with van der Waals surface area (Å²) in [5, 5.41) is 0. The van der Waals surface area contributed by atoms with Crippen LogP contribution in [-0.4, -0.2) is 32.5 Å². The smallest absolute Gasteiger partial charge is 0.333 e. The summed E-state index contributed by atoms with van der Waals surface area (Å²) < 4.78 is 5.33. The Bertz CT molecular complexity index is 2840. The number of rotatable bonds is 9. The van der Waals surface area contributed by atoms with Crippen molar-refractivity contribution in [3.63, 3.8) is 0 Å². The Morgan fingerprint density at radius 1 is 0.517 bits per heavy atom. The molecule has 58 heavy (non-hydrogen) atoms. The van der Waals surface area contributed by atoms with Gasteiger partial charge in [-0.2, -0.15) is 0 Å². The van der Waals surface area contributed by atoms with Crippen molar-refractivity contribution in [2.45, 2.75) is 19.8 Å². The van der Waals surface area contributed by atoms with E-state index in [1.807, 2.05) is 18.2 Å². The maximum absolute atomic E-state index is 11.9. The summed E-state index contributed by atoms with van der Waals surface area (Å²) in [5.41, 5.74) is 17.2. The second kappa shape index (κ2) is 17.2. The number of carbonyl (C=O) groups is 1.